The second kappa shape index (κ2) is 5.15. The van der Waals surface area contributed by atoms with Gasteiger partial charge in [-0.05, 0) is 38.8 Å². The SMILES string of the molecule is Cc1cc(C)n(C[C@H]2CCCN2C(=O)c2ccoc2)n1. The number of carbonyl (C=O) groups excluding carboxylic acids is 1. The molecule has 2 aromatic heterocycles. The molecule has 1 aliphatic rings. The van der Waals surface area contributed by atoms with Crippen LogP contribution in [0.25, 0.3) is 0 Å². The lowest BCUT2D eigenvalue weighted by atomic mass is 10.2. The van der Waals surface area contributed by atoms with E-state index in [9.17, 15) is 4.79 Å². The van der Waals surface area contributed by atoms with Gasteiger partial charge >= 0.3 is 0 Å². The van der Waals surface area contributed by atoms with Gasteiger partial charge in [0.15, 0.2) is 0 Å². The molecule has 0 aliphatic carbocycles. The summed E-state index contributed by atoms with van der Waals surface area (Å²) >= 11 is 0. The van der Waals surface area contributed by atoms with Gasteiger partial charge in [0.2, 0.25) is 0 Å². The minimum Gasteiger partial charge on any atom is -0.472 e. The smallest absolute Gasteiger partial charge is 0.257 e. The predicted octanol–water partition coefficient (Wildman–Crippen LogP) is 2.40. The number of carbonyl (C=O) groups is 1. The molecular formula is C15H19N3O2. The Bertz CT molecular complexity index is 601. The van der Waals surface area contributed by atoms with Crippen molar-refractivity contribution in [2.24, 2.45) is 0 Å². The molecule has 106 valence electrons. The van der Waals surface area contributed by atoms with Gasteiger partial charge in [0.1, 0.15) is 6.26 Å². The van der Waals surface area contributed by atoms with Crippen LogP contribution in [0.3, 0.4) is 0 Å². The van der Waals surface area contributed by atoms with Crippen LogP contribution >= 0.6 is 0 Å². The molecule has 0 radical (unpaired) electrons. The van der Waals surface area contributed by atoms with Crippen molar-refractivity contribution in [1.29, 1.82) is 0 Å². The number of rotatable bonds is 3. The molecule has 0 saturated carbocycles. The van der Waals surface area contributed by atoms with Gasteiger partial charge in [0.25, 0.3) is 5.91 Å². The molecule has 0 aromatic carbocycles. The molecule has 0 N–H and O–H groups in total. The average Bonchev–Trinajstić information content (AvgIpc) is 3.12. The van der Waals surface area contributed by atoms with E-state index < -0.39 is 0 Å². The van der Waals surface area contributed by atoms with E-state index in [2.05, 4.69) is 18.1 Å². The molecule has 0 unspecified atom stereocenters. The normalized spacial score (nSPS) is 18.7. The molecular weight excluding hydrogens is 254 g/mol. The highest BCUT2D eigenvalue weighted by Crippen LogP contribution is 2.22. The quantitative estimate of drug-likeness (QED) is 0.863. The van der Waals surface area contributed by atoms with Crippen molar-refractivity contribution in [3.63, 3.8) is 0 Å². The molecule has 0 bridgehead atoms. The first kappa shape index (κ1) is 13.0. The Balaban J connectivity index is 1.76. The Morgan fingerprint density at radius 1 is 1.50 bits per heavy atom. The molecule has 1 fully saturated rings. The zero-order valence-corrected chi connectivity index (χ0v) is 11.9. The van der Waals surface area contributed by atoms with E-state index >= 15 is 0 Å². The van der Waals surface area contributed by atoms with Gasteiger partial charge in [-0.15, -0.1) is 0 Å². The van der Waals surface area contributed by atoms with Gasteiger partial charge in [-0.3, -0.25) is 9.48 Å². The lowest BCUT2D eigenvalue weighted by Crippen LogP contribution is -2.38. The van der Waals surface area contributed by atoms with Crippen molar-refractivity contribution < 1.29 is 9.21 Å². The Morgan fingerprint density at radius 2 is 2.35 bits per heavy atom. The Morgan fingerprint density at radius 3 is 3.00 bits per heavy atom. The number of aryl methyl sites for hydroxylation is 2. The van der Waals surface area contributed by atoms with E-state index in [1.165, 1.54) is 6.26 Å². The largest absolute Gasteiger partial charge is 0.472 e. The van der Waals surface area contributed by atoms with Crippen molar-refractivity contribution >= 4 is 5.91 Å². The zero-order valence-electron chi connectivity index (χ0n) is 11.9. The van der Waals surface area contributed by atoms with E-state index in [1.807, 2.05) is 16.5 Å². The van der Waals surface area contributed by atoms with E-state index in [1.54, 1.807) is 12.3 Å². The number of likely N-dealkylation sites (tertiary alicyclic amines) is 1. The van der Waals surface area contributed by atoms with E-state index in [0.29, 0.717) is 5.56 Å². The first-order valence-corrected chi connectivity index (χ1v) is 6.99. The fraction of sp³-hybridized carbons (Fsp3) is 0.467. The fourth-order valence-corrected chi connectivity index (χ4v) is 2.90. The maximum atomic E-state index is 12.4. The van der Waals surface area contributed by atoms with Crippen LogP contribution in [0.15, 0.2) is 29.1 Å². The van der Waals surface area contributed by atoms with Crippen LogP contribution in [0.2, 0.25) is 0 Å². The van der Waals surface area contributed by atoms with Gasteiger partial charge in [-0.1, -0.05) is 0 Å². The summed E-state index contributed by atoms with van der Waals surface area (Å²) in [6.07, 6.45) is 5.13. The van der Waals surface area contributed by atoms with Crippen molar-refractivity contribution in [2.45, 2.75) is 39.3 Å². The number of furan rings is 1. The highest BCUT2D eigenvalue weighted by molar-refractivity contribution is 5.94. The molecule has 5 nitrogen and oxygen atoms in total. The average molecular weight is 273 g/mol. The number of hydrogen-bond acceptors (Lipinski definition) is 3. The van der Waals surface area contributed by atoms with Crippen molar-refractivity contribution in [2.75, 3.05) is 6.54 Å². The van der Waals surface area contributed by atoms with Crippen LogP contribution in [0.1, 0.15) is 34.6 Å². The standard InChI is InChI=1S/C15H19N3O2/c1-11-8-12(2)18(16-11)9-14-4-3-6-17(14)15(19)13-5-7-20-10-13/h5,7-8,10,14H,3-4,6,9H2,1-2H3/t14-/m1/s1. The van der Waals surface area contributed by atoms with E-state index in [4.69, 9.17) is 4.42 Å². The summed E-state index contributed by atoms with van der Waals surface area (Å²) in [7, 11) is 0. The summed E-state index contributed by atoms with van der Waals surface area (Å²) in [5, 5.41) is 4.49. The number of amides is 1. The lowest BCUT2D eigenvalue weighted by molar-refractivity contribution is 0.0720. The molecule has 0 spiro atoms. The Labute approximate surface area is 118 Å². The van der Waals surface area contributed by atoms with Crippen LogP contribution in [0.4, 0.5) is 0 Å². The minimum absolute atomic E-state index is 0.0581. The van der Waals surface area contributed by atoms with Crippen molar-refractivity contribution in [1.82, 2.24) is 14.7 Å². The van der Waals surface area contributed by atoms with Crippen LogP contribution in [-0.2, 0) is 6.54 Å². The molecule has 1 aliphatic heterocycles. The second-order valence-electron chi connectivity index (χ2n) is 5.42. The molecule has 5 heteroatoms. The maximum Gasteiger partial charge on any atom is 0.257 e. The number of aromatic nitrogens is 2. The molecule has 2 aromatic rings. The maximum absolute atomic E-state index is 12.4. The Hall–Kier alpha value is -2.04. The Kier molecular flexibility index (Phi) is 3.34. The monoisotopic (exact) mass is 273 g/mol. The van der Waals surface area contributed by atoms with Crippen LogP contribution in [0.5, 0.6) is 0 Å². The summed E-state index contributed by atoms with van der Waals surface area (Å²) in [6.45, 7) is 5.63. The van der Waals surface area contributed by atoms with Crippen LogP contribution in [-0.4, -0.2) is 33.2 Å². The summed E-state index contributed by atoms with van der Waals surface area (Å²) in [6, 6.07) is 4.01. The third-order valence-electron chi connectivity index (χ3n) is 3.89. The molecule has 1 saturated heterocycles. The molecule has 1 amide bonds. The first-order chi connectivity index (χ1) is 9.65. The van der Waals surface area contributed by atoms with Crippen molar-refractivity contribution in [3.05, 3.63) is 41.6 Å². The third-order valence-corrected chi connectivity index (χ3v) is 3.89. The van der Waals surface area contributed by atoms with Crippen LogP contribution < -0.4 is 0 Å². The van der Waals surface area contributed by atoms with Crippen molar-refractivity contribution in [3.8, 4) is 0 Å². The van der Waals surface area contributed by atoms with Gasteiger partial charge in [-0.2, -0.15) is 5.10 Å². The summed E-state index contributed by atoms with van der Waals surface area (Å²) in [4.78, 5) is 14.4. The lowest BCUT2D eigenvalue weighted by Gasteiger charge is -2.24. The molecule has 20 heavy (non-hydrogen) atoms. The summed E-state index contributed by atoms with van der Waals surface area (Å²) in [5.74, 6) is 0.0581. The van der Waals surface area contributed by atoms with E-state index in [-0.39, 0.29) is 11.9 Å². The minimum atomic E-state index is 0.0581. The number of nitrogens with zero attached hydrogens (tertiary/aromatic N) is 3. The highest BCUT2D eigenvalue weighted by atomic mass is 16.3. The topological polar surface area (TPSA) is 51.3 Å². The molecule has 1 atom stereocenters. The first-order valence-electron chi connectivity index (χ1n) is 6.99. The molecule has 3 rings (SSSR count). The predicted molar refractivity (Wildman–Crippen MR) is 74.5 cm³/mol. The third kappa shape index (κ3) is 2.35. The van der Waals surface area contributed by atoms with Gasteiger partial charge in [-0.25, -0.2) is 0 Å². The van der Waals surface area contributed by atoms with Gasteiger partial charge < -0.3 is 9.32 Å². The van der Waals surface area contributed by atoms with E-state index in [0.717, 1.165) is 37.3 Å². The summed E-state index contributed by atoms with van der Waals surface area (Å²) < 4.78 is 7.01. The fourth-order valence-electron chi connectivity index (χ4n) is 2.90. The highest BCUT2D eigenvalue weighted by Gasteiger charge is 2.30. The van der Waals surface area contributed by atoms with Gasteiger partial charge in [0.05, 0.1) is 30.1 Å². The second-order valence-corrected chi connectivity index (χ2v) is 5.42. The number of hydrogen-bond donors (Lipinski definition) is 0. The molecule has 3 heterocycles. The van der Waals surface area contributed by atoms with Gasteiger partial charge in [0, 0.05) is 12.2 Å². The zero-order chi connectivity index (χ0) is 14.1. The summed E-state index contributed by atoms with van der Waals surface area (Å²) in [5.41, 5.74) is 2.79. The van der Waals surface area contributed by atoms with Crippen LogP contribution in [0, 0.1) is 13.8 Å².